The van der Waals surface area contributed by atoms with Gasteiger partial charge in [-0.05, 0) is 30.8 Å². The fraction of sp³-hybridized carbons (Fsp3) is 0.357. The van der Waals surface area contributed by atoms with Crippen molar-refractivity contribution in [2.75, 3.05) is 5.32 Å². The molecule has 0 saturated carbocycles. The van der Waals surface area contributed by atoms with Gasteiger partial charge in [0.25, 0.3) is 0 Å². The molecular weight excluding hydrogens is 272 g/mol. The van der Waals surface area contributed by atoms with E-state index < -0.39 is 0 Å². The molecule has 2 aromatic rings. The predicted molar refractivity (Wildman–Crippen MR) is 82.0 cm³/mol. The van der Waals surface area contributed by atoms with Crippen LogP contribution in [-0.4, -0.2) is 20.7 Å². The van der Waals surface area contributed by atoms with Crippen molar-refractivity contribution in [2.45, 2.75) is 26.2 Å². The van der Waals surface area contributed by atoms with Gasteiger partial charge in [-0.3, -0.25) is 9.89 Å². The Morgan fingerprint density at radius 3 is 2.95 bits per heavy atom. The Labute approximate surface area is 123 Å². The van der Waals surface area contributed by atoms with Gasteiger partial charge < -0.3 is 9.88 Å². The Hall–Kier alpha value is -1.95. The first kappa shape index (κ1) is 14.5. The third kappa shape index (κ3) is 3.33. The van der Waals surface area contributed by atoms with Gasteiger partial charge in [0, 0.05) is 24.7 Å². The molecule has 0 unspecified atom stereocenters. The Bertz CT molecular complexity index is 659. The second-order valence-electron chi connectivity index (χ2n) is 4.64. The molecular formula is C14H18N4OS. The summed E-state index contributed by atoms with van der Waals surface area (Å²) in [6, 6.07) is 7.60. The van der Waals surface area contributed by atoms with E-state index in [-0.39, 0.29) is 5.91 Å². The summed E-state index contributed by atoms with van der Waals surface area (Å²) in [6.45, 7) is 2.07. The minimum atomic E-state index is 0.0411. The van der Waals surface area contributed by atoms with Gasteiger partial charge >= 0.3 is 0 Å². The van der Waals surface area contributed by atoms with Crippen LogP contribution in [-0.2, 0) is 11.8 Å². The number of hydrogen-bond donors (Lipinski definition) is 2. The lowest BCUT2D eigenvalue weighted by Gasteiger charge is -2.07. The number of anilines is 1. The monoisotopic (exact) mass is 290 g/mol. The van der Waals surface area contributed by atoms with Crippen molar-refractivity contribution in [1.29, 1.82) is 0 Å². The van der Waals surface area contributed by atoms with E-state index in [1.807, 2.05) is 31.3 Å². The minimum Gasteiger partial charge on any atom is -0.326 e. The number of aromatic nitrogens is 3. The van der Waals surface area contributed by atoms with Gasteiger partial charge in [0.05, 0.1) is 0 Å². The van der Waals surface area contributed by atoms with Crippen LogP contribution < -0.4 is 5.32 Å². The number of H-pyrrole nitrogens is 1. The molecule has 1 aromatic carbocycles. The molecule has 1 aromatic heterocycles. The van der Waals surface area contributed by atoms with Crippen LogP contribution in [0.5, 0.6) is 0 Å². The third-order valence-corrected chi connectivity index (χ3v) is 3.41. The maximum atomic E-state index is 11.7. The fourth-order valence-corrected chi connectivity index (χ4v) is 2.03. The van der Waals surface area contributed by atoms with E-state index in [2.05, 4.69) is 22.4 Å². The smallest absolute Gasteiger partial charge is 0.224 e. The average molecular weight is 290 g/mol. The van der Waals surface area contributed by atoms with Gasteiger partial charge in [0.15, 0.2) is 10.6 Å². The van der Waals surface area contributed by atoms with Crippen molar-refractivity contribution in [1.82, 2.24) is 14.8 Å². The van der Waals surface area contributed by atoms with E-state index in [0.717, 1.165) is 29.9 Å². The highest BCUT2D eigenvalue weighted by Crippen LogP contribution is 2.20. The van der Waals surface area contributed by atoms with Gasteiger partial charge in [-0.25, -0.2) is 0 Å². The lowest BCUT2D eigenvalue weighted by atomic mass is 10.2. The molecule has 2 rings (SSSR count). The average Bonchev–Trinajstić information content (AvgIpc) is 2.77. The van der Waals surface area contributed by atoms with Gasteiger partial charge in [-0.15, -0.1) is 0 Å². The number of nitrogens with one attached hydrogen (secondary N) is 2. The second-order valence-corrected chi connectivity index (χ2v) is 5.03. The number of amides is 1. The minimum absolute atomic E-state index is 0.0411. The van der Waals surface area contributed by atoms with E-state index in [1.54, 1.807) is 4.57 Å². The lowest BCUT2D eigenvalue weighted by Crippen LogP contribution is -2.10. The van der Waals surface area contributed by atoms with Crippen LogP contribution in [0.3, 0.4) is 0 Å². The zero-order valence-corrected chi connectivity index (χ0v) is 12.5. The molecule has 20 heavy (non-hydrogen) atoms. The quantitative estimate of drug-likeness (QED) is 0.831. The number of rotatable bonds is 5. The second kappa shape index (κ2) is 6.47. The molecule has 5 nitrogen and oxygen atoms in total. The zero-order chi connectivity index (χ0) is 14.5. The molecule has 1 heterocycles. The molecule has 0 atom stereocenters. The number of hydrogen-bond acceptors (Lipinski definition) is 3. The maximum absolute atomic E-state index is 11.7. The molecule has 0 spiro atoms. The predicted octanol–water partition coefficient (Wildman–Crippen LogP) is 3.27. The fourth-order valence-electron chi connectivity index (χ4n) is 1.90. The first-order chi connectivity index (χ1) is 9.61. The van der Waals surface area contributed by atoms with Gasteiger partial charge in [-0.2, -0.15) is 5.10 Å². The Kier molecular flexibility index (Phi) is 4.68. The Balaban J connectivity index is 2.18. The lowest BCUT2D eigenvalue weighted by molar-refractivity contribution is -0.116. The normalized spacial score (nSPS) is 10.5. The van der Waals surface area contributed by atoms with Crippen molar-refractivity contribution < 1.29 is 4.79 Å². The summed E-state index contributed by atoms with van der Waals surface area (Å²) < 4.78 is 2.37. The molecule has 1 amide bonds. The Morgan fingerprint density at radius 1 is 1.50 bits per heavy atom. The topological polar surface area (TPSA) is 62.7 Å². The summed E-state index contributed by atoms with van der Waals surface area (Å²) in [5, 5.41) is 9.84. The van der Waals surface area contributed by atoms with Crippen LogP contribution in [0.15, 0.2) is 24.3 Å². The zero-order valence-electron chi connectivity index (χ0n) is 11.6. The first-order valence-corrected chi connectivity index (χ1v) is 7.04. The van der Waals surface area contributed by atoms with E-state index in [1.165, 1.54) is 0 Å². The largest absolute Gasteiger partial charge is 0.326 e. The van der Waals surface area contributed by atoms with Crippen molar-refractivity contribution in [3.63, 3.8) is 0 Å². The number of carbonyl (C=O) groups is 1. The van der Waals surface area contributed by atoms with Crippen molar-refractivity contribution >= 4 is 23.8 Å². The molecule has 0 fully saturated rings. The van der Waals surface area contributed by atoms with Gasteiger partial charge in [0.1, 0.15) is 0 Å². The van der Waals surface area contributed by atoms with Crippen LogP contribution in [0.25, 0.3) is 11.4 Å². The molecule has 0 radical (unpaired) electrons. The van der Waals surface area contributed by atoms with Crippen molar-refractivity contribution in [3.8, 4) is 11.4 Å². The summed E-state index contributed by atoms with van der Waals surface area (Å²) >= 11 is 5.10. The number of unbranched alkanes of at least 4 members (excludes halogenated alkanes) is 1. The molecule has 0 aliphatic rings. The van der Waals surface area contributed by atoms with E-state index in [0.29, 0.717) is 11.2 Å². The molecule has 0 aliphatic carbocycles. The Morgan fingerprint density at radius 2 is 2.30 bits per heavy atom. The molecule has 106 valence electrons. The summed E-state index contributed by atoms with van der Waals surface area (Å²) in [7, 11) is 1.85. The van der Waals surface area contributed by atoms with Crippen LogP contribution in [0.1, 0.15) is 26.2 Å². The summed E-state index contributed by atoms with van der Waals surface area (Å²) in [6.07, 6.45) is 2.46. The molecule has 6 heteroatoms. The van der Waals surface area contributed by atoms with Crippen LogP contribution in [0.2, 0.25) is 0 Å². The van der Waals surface area contributed by atoms with Crippen molar-refractivity contribution in [2.24, 2.45) is 7.05 Å². The number of benzene rings is 1. The first-order valence-electron chi connectivity index (χ1n) is 6.63. The maximum Gasteiger partial charge on any atom is 0.224 e. The number of nitrogens with zero attached hydrogens (tertiary/aromatic N) is 2. The van der Waals surface area contributed by atoms with Crippen LogP contribution in [0, 0.1) is 4.77 Å². The third-order valence-electron chi connectivity index (χ3n) is 3.04. The molecule has 0 bridgehead atoms. The number of carbonyl (C=O) groups excluding carboxylic acids is 1. The highest BCUT2D eigenvalue weighted by molar-refractivity contribution is 7.71. The molecule has 0 aliphatic heterocycles. The van der Waals surface area contributed by atoms with Crippen LogP contribution >= 0.6 is 12.2 Å². The number of aromatic amines is 1. The molecule has 0 saturated heterocycles. The standard InChI is InChI=1S/C14H18N4OS/c1-3-4-8-12(19)15-11-7-5-6-10(9-11)13-16-17-14(20)18(13)2/h5-7,9H,3-4,8H2,1-2H3,(H,15,19)(H,17,20). The van der Waals surface area contributed by atoms with Crippen LogP contribution in [0.4, 0.5) is 5.69 Å². The van der Waals surface area contributed by atoms with E-state index >= 15 is 0 Å². The van der Waals surface area contributed by atoms with Crippen molar-refractivity contribution in [3.05, 3.63) is 29.0 Å². The van der Waals surface area contributed by atoms with E-state index in [9.17, 15) is 4.79 Å². The van der Waals surface area contributed by atoms with Gasteiger partial charge in [-0.1, -0.05) is 25.5 Å². The highest BCUT2D eigenvalue weighted by Gasteiger charge is 2.07. The SMILES string of the molecule is CCCCC(=O)Nc1cccc(-c2n[nH]c(=S)n2C)c1. The van der Waals surface area contributed by atoms with E-state index in [4.69, 9.17) is 12.2 Å². The van der Waals surface area contributed by atoms with Gasteiger partial charge in [0.2, 0.25) is 5.91 Å². The highest BCUT2D eigenvalue weighted by atomic mass is 32.1. The summed E-state index contributed by atoms with van der Waals surface area (Å²) in [4.78, 5) is 11.7. The summed E-state index contributed by atoms with van der Waals surface area (Å²) in [5.41, 5.74) is 1.69. The molecule has 2 N–H and O–H groups in total. The summed E-state index contributed by atoms with van der Waals surface area (Å²) in [5.74, 6) is 0.791.